The van der Waals surface area contributed by atoms with Crippen molar-refractivity contribution in [1.29, 1.82) is 0 Å². The maximum absolute atomic E-state index is 12.3. The van der Waals surface area contributed by atoms with Crippen LogP contribution in [-0.2, 0) is 6.42 Å². The van der Waals surface area contributed by atoms with Crippen molar-refractivity contribution in [3.05, 3.63) is 69.1 Å². The molecule has 3 aromatic rings. The summed E-state index contributed by atoms with van der Waals surface area (Å²) in [6.07, 6.45) is 0.447. The number of methoxy groups -OCH3 is 1. The zero-order chi connectivity index (χ0) is 15.7. The summed E-state index contributed by atoms with van der Waals surface area (Å²) in [7, 11) is 1.63. The molecule has 0 amide bonds. The van der Waals surface area contributed by atoms with Gasteiger partial charge >= 0.3 is 0 Å². The fourth-order valence-corrected chi connectivity index (χ4v) is 2.53. The molecule has 0 atom stereocenters. The SMILES string of the molecule is COc1ccccc1Cc1nc2cc(C)c(C)cc2[nH]c1=O. The first-order chi connectivity index (χ1) is 10.6. The van der Waals surface area contributed by atoms with Gasteiger partial charge in [-0.2, -0.15) is 0 Å². The molecule has 0 bridgehead atoms. The average molecular weight is 294 g/mol. The maximum Gasteiger partial charge on any atom is 0.270 e. The van der Waals surface area contributed by atoms with Crippen LogP contribution in [0.25, 0.3) is 11.0 Å². The lowest BCUT2D eigenvalue weighted by Crippen LogP contribution is -2.16. The van der Waals surface area contributed by atoms with Crippen molar-refractivity contribution in [2.45, 2.75) is 20.3 Å². The molecule has 112 valence electrons. The molecule has 0 aliphatic heterocycles. The monoisotopic (exact) mass is 294 g/mol. The molecule has 4 heteroatoms. The number of para-hydroxylation sites is 1. The van der Waals surface area contributed by atoms with Crippen LogP contribution in [-0.4, -0.2) is 17.1 Å². The van der Waals surface area contributed by atoms with Crippen LogP contribution in [0.3, 0.4) is 0 Å². The van der Waals surface area contributed by atoms with Gasteiger partial charge < -0.3 is 9.72 Å². The third-order valence-electron chi connectivity index (χ3n) is 3.93. The number of nitrogens with one attached hydrogen (secondary N) is 1. The molecule has 0 radical (unpaired) electrons. The summed E-state index contributed by atoms with van der Waals surface area (Å²) >= 11 is 0. The first-order valence-electron chi connectivity index (χ1n) is 7.20. The zero-order valence-corrected chi connectivity index (χ0v) is 12.9. The number of rotatable bonds is 3. The smallest absolute Gasteiger partial charge is 0.270 e. The van der Waals surface area contributed by atoms with Gasteiger partial charge in [0.05, 0.1) is 18.1 Å². The van der Waals surface area contributed by atoms with Gasteiger partial charge in [0.1, 0.15) is 11.4 Å². The van der Waals surface area contributed by atoms with Crippen molar-refractivity contribution in [1.82, 2.24) is 9.97 Å². The van der Waals surface area contributed by atoms with Crippen LogP contribution in [0.1, 0.15) is 22.4 Å². The highest BCUT2D eigenvalue weighted by molar-refractivity contribution is 5.76. The number of ether oxygens (including phenoxy) is 1. The number of nitrogens with zero attached hydrogens (tertiary/aromatic N) is 1. The maximum atomic E-state index is 12.3. The van der Waals surface area contributed by atoms with Crippen LogP contribution < -0.4 is 10.3 Å². The number of hydrogen-bond donors (Lipinski definition) is 1. The van der Waals surface area contributed by atoms with E-state index in [9.17, 15) is 4.79 Å². The number of hydrogen-bond acceptors (Lipinski definition) is 3. The van der Waals surface area contributed by atoms with Crippen LogP contribution in [0.2, 0.25) is 0 Å². The van der Waals surface area contributed by atoms with E-state index in [4.69, 9.17) is 4.74 Å². The van der Waals surface area contributed by atoms with E-state index in [2.05, 4.69) is 9.97 Å². The quantitative estimate of drug-likeness (QED) is 0.807. The van der Waals surface area contributed by atoms with Crippen LogP contribution in [0.5, 0.6) is 5.75 Å². The first-order valence-corrected chi connectivity index (χ1v) is 7.20. The minimum Gasteiger partial charge on any atom is -0.496 e. The minimum absolute atomic E-state index is 0.151. The van der Waals surface area contributed by atoms with Crippen molar-refractivity contribution < 1.29 is 4.74 Å². The van der Waals surface area contributed by atoms with Crippen LogP contribution >= 0.6 is 0 Å². The Kier molecular flexibility index (Phi) is 3.67. The summed E-state index contributed by atoms with van der Waals surface area (Å²) < 4.78 is 5.34. The second-order valence-corrected chi connectivity index (χ2v) is 5.45. The molecule has 0 aliphatic carbocycles. The zero-order valence-electron chi connectivity index (χ0n) is 12.9. The summed E-state index contributed by atoms with van der Waals surface area (Å²) in [6.45, 7) is 4.07. The van der Waals surface area contributed by atoms with E-state index in [0.717, 1.165) is 33.5 Å². The molecule has 1 aromatic heterocycles. The second-order valence-electron chi connectivity index (χ2n) is 5.45. The summed E-state index contributed by atoms with van der Waals surface area (Å²) in [5.41, 5.74) is 5.19. The number of benzene rings is 2. The Balaban J connectivity index is 2.09. The third kappa shape index (κ3) is 2.60. The average Bonchev–Trinajstić information content (AvgIpc) is 2.51. The Hall–Kier alpha value is -2.62. The molecular weight excluding hydrogens is 276 g/mol. The number of aromatic amines is 1. The van der Waals surface area contributed by atoms with Crippen molar-refractivity contribution in [3.63, 3.8) is 0 Å². The molecular formula is C18H18N2O2. The Morgan fingerprint density at radius 1 is 1.14 bits per heavy atom. The fourth-order valence-electron chi connectivity index (χ4n) is 2.53. The van der Waals surface area contributed by atoms with Gasteiger partial charge in [-0.1, -0.05) is 18.2 Å². The second kappa shape index (κ2) is 5.64. The molecule has 0 unspecified atom stereocenters. The van der Waals surface area contributed by atoms with Gasteiger partial charge in [0, 0.05) is 12.0 Å². The molecule has 0 saturated carbocycles. The van der Waals surface area contributed by atoms with E-state index in [1.54, 1.807) is 7.11 Å². The summed E-state index contributed by atoms with van der Waals surface area (Å²) in [6, 6.07) is 11.6. The first kappa shape index (κ1) is 14.3. The van der Waals surface area contributed by atoms with Crippen LogP contribution in [0, 0.1) is 13.8 Å². The van der Waals surface area contributed by atoms with Crippen molar-refractivity contribution in [2.24, 2.45) is 0 Å². The molecule has 1 N–H and O–H groups in total. The molecule has 0 fully saturated rings. The van der Waals surface area contributed by atoms with E-state index >= 15 is 0 Å². The van der Waals surface area contributed by atoms with Gasteiger partial charge in [0.25, 0.3) is 5.56 Å². The van der Waals surface area contributed by atoms with Gasteiger partial charge in [-0.3, -0.25) is 4.79 Å². The van der Waals surface area contributed by atoms with Gasteiger partial charge in [-0.05, 0) is 43.2 Å². The normalized spacial score (nSPS) is 10.9. The number of aromatic nitrogens is 2. The van der Waals surface area contributed by atoms with Crippen molar-refractivity contribution >= 4 is 11.0 Å². The predicted molar refractivity (Wildman–Crippen MR) is 87.6 cm³/mol. The summed E-state index contributed by atoms with van der Waals surface area (Å²) in [5, 5.41) is 0. The molecule has 0 saturated heterocycles. The largest absolute Gasteiger partial charge is 0.496 e. The minimum atomic E-state index is -0.151. The number of H-pyrrole nitrogens is 1. The highest BCUT2D eigenvalue weighted by Crippen LogP contribution is 2.20. The Labute approximate surface area is 128 Å². The Morgan fingerprint density at radius 3 is 2.64 bits per heavy atom. The van der Waals surface area contributed by atoms with Gasteiger partial charge in [0.15, 0.2) is 0 Å². The van der Waals surface area contributed by atoms with E-state index in [0.29, 0.717) is 12.1 Å². The lowest BCUT2D eigenvalue weighted by Gasteiger charge is -2.08. The lowest BCUT2D eigenvalue weighted by molar-refractivity contribution is 0.410. The highest BCUT2D eigenvalue weighted by Gasteiger charge is 2.10. The molecule has 0 aliphatic rings. The third-order valence-corrected chi connectivity index (χ3v) is 3.93. The lowest BCUT2D eigenvalue weighted by atomic mass is 10.1. The Bertz CT molecular complexity index is 897. The topological polar surface area (TPSA) is 55.0 Å². The molecule has 1 heterocycles. The standard InChI is InChI=1S/C18H18N2O2/c1-11-8-14-15(9-12(11)2)20-18(21)16(19-14)10-13-6-4-5-7-17(13)22-3/h4-9H,10H2,1-3H3,(H,20,21). The van der Waals surface area contributed by atoms with E-state index < -0.39 is 0 Å². The van der Waals surface area contributed by atoms with Gasteiger partial charge in [-0.25, -0.2) is 4.98 Å². The highest BCUT2D eigenvalue weighted by atomic mass is 16.5. The molecule has 2 aromatic carbocycles. The summed E-state index contributed by atoms with van der Waals surface area (Å²) in [5.74, 6) is 0.767. The molecule has 3 rings (SSSR count). The van der Waals surface area contributed by atoms with Crippen LogP contribution in [0.15, 0.2) is 41.2 Å². The molecule has 0 spiro atoms. The number of fused-ring (bicyclic) bond motifs is 1. The molecule has 22 heavy (non-hydrogen) atoms. The van der Waals surface area contributed by atoms with E-state index in [1.165, 1.54) is 0 Å². The van der Waals surface area contributed by atoms with E-state index in [1.807, 2.05) is 50.2 Å². The van der Waals surface area contributed by atoms with Gasteiger partial charge in [-0.15, -0.1) is 0 Å². The molecule has 4 nitrogen and oxygen atoms in total. The van der Waals surface area contributed by atoms with Crippen molar-refractivity contribution in [3.8, 4) is 5.75 Å². The van der Waals surface area contributed by atoms with E-state index in [-0.39, 0.29) is 5.56 Å². The Morgan fingerprint density at radius 2 is 1.86 bits per heavy atom. The van der Waals surface area contributed by atoms with Crippen molar-refractivity contribution in [2.75, 3.05) is 7.11 Å². The fraction of sp³-hybridized carbons (Fsp3) is 0.222. The number of aryl methyl sites for hydroxylation is 2. The van der Waals surface area contributed by atoms with Gasteiger partial charge in [0.2, 0.25) is 0 Å². The van der Waals surface area contributed by atoms with Crippen LogP contribution in [0.4, 0.5) is 0 Å². The predicted octanol–water partition coefficient (Wildman–Crippen LogP) is 3.14. The summed E-state index contributed by atoms with van der Waals surface area (Å²) in [4.78, 5) is 19.7.